The summed E-state index contributed by atoms with van der Waals surface area (Å²) < 4.78 is 5.86. The van der Waals surface area contributed by atoms with Gasteiger partial charge < -0.3 is 20.3 Å². The van der Waals surface area contributed by atoms with Gasteiger partial charge in [0.2, 0.25) is 5.91 Å². The second kappa shape index (κ2) is 49.5. The van der Waals surface area contributed by atoms with Crippen LogP contribution in [-0.2, 0) is 14.3 Å². The van der Waals surface area contributed by atoms with Crippen LogP contribution in [0.2, 0.25) is 0 Å². The van der Waals surface area contributed by atoms with Crippen LogP contribution < -0.4 is 5.32 Å². The minimum Gasteiger partial charge on any atom is -0.461 e. The fourth-order valence-corrected chi connectivity index (χ4v) is 7.03. The molecule has 0 radical (unpaired) electrons. The van der Waals surface area contributed by atoms with Crippen LogP contribution in [0.5, 0.6) is 0 Å². The Morgan fingerprint density at radius 3 is 1.51 bits per heavy atom. The average Bonchev–Trinajstić information content (AvgIpc) is 3.28. The highest BCUT2D eigenvalue weighted by molar-refractivity contribution is 5.77. The standard InChI is InChI=1S/C57H95NO5/c1-4-7-10-13-16-19-22-24-26-27-28-30-32-35-38-41-44-47-50-57(62)63-53(48-45-42-39-36-34-31-29-25-23-20-17-14-11-8-5-2)51-56(61)58-54(52-59)55(60)49-46-43-40-37-33-21-18-15-12-9-6-3/h10,13,16-17,19-20,22,24-30,34,36,42,45,53-55,59-60H,4-9,11-12,14-15,18,21,23,31-33,35,37-41,43-44,46-52H2,1-3H3,(H,58,61)/b13-10+,19-16+,20-17-,24-22+,27-26+,29-25-,30-28+,36-34-,45-42-. The van der Waals surface area contributed by atoms with Crippen molar-refractivity contribution in [2.45, 2.75) is 232 Å². The summed E-state index contributed by atoms with van der Waals surface area (Å²) >= 11 is 0. The fourth-order valence-electron chi connectivity index (χ4n) is 7.03. The third-order valence-electron chi connectivity index (χ3n) is 10.9. The molecule has 63 heavy (non-hydrogen) atoms. The molecule has 3 atom stereocenters. The van der Waals surface area contributed by atoms with E-state index in [4.69, 9.17) is 4.74 Å². The highest BCUT2D eigenvalue weighted by atomic mass is 16.5. The first-order valence-electron chi connectivity index (χ1n) is 25.7. The second-order valence-electron chi connectivity index (χ2n) is 17.0. The molecule has 3 N–H and O–H groups in total. The maximum Gasteiger partial charge on any atom is 0.306 e. The highest BCUT2D eigenvalue weighted by Gasteiger charge is 2.23. The molecule has 1 amide bonds. The molecule has 0 rings (SSSR count). The van der Waals surface area contributed by atoms with Crippen LogP contribution in [0.15, 0.2) is 109 Å². The van der Waals surface area contributed by atoms with Gasteiger partial charge in [-0.1, -0.05) is 239 Å². The van der Waals surface area contributed by atoms with E-state index >= 15 is 0 Å². The Hall–Kier alpha value is -3.48. The number of unbranched alkanes of at least 4 members (excludes halogenated alkanes) is 19. The number of esters is 1. The molecule has 358 valence electrons. The van der Waals surface area contributed by atoms with Crippen LogP contribution in [0.25, 0.3) is 0 Å². The van der Waals surface area contributed by atoms with E-state index in [1.165, 1.54) is 77.0 Å². The van der Waals surface area contributed by atoms with E-state index in [-0.39, 0.29) is 24.9 Å². The molecule has 0 saturated heterocycles. The first kappa shape index (κ1) is 59.5. The van der Waals surface area contributed by atoms with Crippen molar-refractivity contribution in [3.63, 3.8) is 0 Å². The van der Waals surface area contributed by atoms with Gasteiger partial charge in [0.15, 0.2) is 0 Å². The number of aliphatic hydroxyl groups excluding tert-OH is 2. The summed E-state index contributed by atoms with van der Waals surface area (Å²) in [6, 6.07) is -0.743. The Balaban J connectivity index is 4.80. The number of carbonyl (C=O) groups excluding carboxylic acids is 2. The third-order valence-corrected chi connectivity index (χ3v) is 10.9. The maximum absolute atomic E-state index is 13.2. The average molecular weight is 874 g/mol. The molecule has 0 heterocycles. The summed E-state index contributed by atoms with van der Waals surface area (Å²) in [7, 11) is 0. The van der Waals surface area contributed by atoms with Gasteiger partial charge in [0.25, 0.3) is 0 Å². The molecular weight excluding hydrogens is 779 g/mol. The van der Waals surface area contributed by atoms with Crippen LogP contribution in [0.3, 0.4) is 0 Å². The van der Waals surface area contributed by atoms with E-state index in [2.05, 4.69) is 99.0 Å². The molecule has 0 spiro atoms. The SMILES string of the molecule is CCC/C=C/C=C/C=C/C=C/C=C/CCCCCCCC(=O)OC(C/C=C\C/C=C\C/C=C\C/C=C\CCCCC)CC(=O)NC(CO)C(O)CCCCCCCCCCCCC. The first-order valence-corrected chi connectivity index (χ1v) is 25.7. The van der Waals surface area contributed by atoms with Gasteiger partial charge in [0.1, 0.15) is 6.10 Å². The maximum atomic E-state index is 13.2. The molecule has 0 aromatic rings. The third kappa shape index (κ3) is 44.9. The molecule has 0 aliphatic rings. The van der Waals surface area contributed by atoms with Crippen LogP contribution in [-0.4, -0.2) is 46.9 Å². The number of nitrogens with one attached hydrogen (secondary N) is 1. The van der Waals surface area contributed by atoms with E-state index in [0.717, 1.165) is 89.9 Å². The number of rotatable bonds is 44. The van der Waals surface area contributed by atoms with Gasteiger partial charge in [-0.25, -0.2) is 0 Å². The predicted octanol–water partition coefficient (Wildman–Crippen LogP) is 15.5. The monoisotopic (exact) mass is 874 g/mol. The smallest absolute Gasteiger partial charge is 0.306 e. The van der Waals surface area contributed by atoms with Crippen molar-refractivity contribution in [2.75, 3.05) is 6.61 Å². The lowest BCUT2D eigenvalue weighted by molar-refractivity contribution is -0.150. The van der Waals surface area contributed by atoms with E-state index in [1.54, 1.807) is 0 Å². The molecule has 0 saturated carbocycles. The van der Waals surface area contributed by atoms with Crippen molar-refractivity contribution in [3.8, 4) is 0 Å². The fraction of sp³-hybridized carbons (Fsp3) is 0.649. The molecule has 6 heteroatoms. The van der Waals surface area contributed by atoms with Gasteiger partial charge in [-0.2, -0.15) is 0 Å². The van der Waals surface area contributed by atoms with Crippen molar-refractivity contribution in [1.82, 2.24) is 5.32 Å². The zero-order valence-electron chi connectivity index (χ0n) is 40.7. The molecule has 3 unspecified atom stereocenters. The molecule has 6 nitrogen and oxygen atoms in total. The number of allylic oxidation sites excluding steroid dienone is 17. The van der Waals surface area contributed by atoms with Gasteiger partial charge in [0.05, 0.1) is 25.2 Å². The van der Waals surface area contributed by atoms with Gasteiger partial charge in [0, 0.05) is 12.8 Å². The molecule has 0 aliphatic heterocycles. The summed E-state index contributed by atoms with van der Waals surface area (Å²) in [5.41, 5.74) is 0. The lowest BCUT2D eigenvalue weighted by atomic mass is 10.0. The molecule has 0 aliphatic carbocycles. The van der Waals surface area contributed by atoms with Crippen molar-refractivity contribution in [1.29, 1.82) is 0 Å². The molecule has 0 aromatic carbocycles. The van der Waals surface area contributed by atoms with Crippen LogP contribution in [0.1, 0.15) is 213 Å². The van der Waals surface area contributed by atoms with E-state index in [0.29, 0.717) is 19.3 Å². The zero-order chi connectivity index (χ0) is 45.9. The van der Waals surface area contributed by atoms with E-state index < -0.39 is 18.2 Å². The minimum atomic E-state index is -0.821. The predicted molar refractivity (Wildman–Crippen MR) is 273 cm³/mol. The topological polar surface area (TPSA) is 95.9 Å². The second-order valence-corrected chi connectivity index (χ2v) is 17.0. The summed E-state index contributed by atoms with van der Waals surface area (Å²) in [5.74, 6) is -0.615. The van der Waals surface area contributed by atoms with Gasteiger partial charge in [-0.15, -0.1) is 0 Å². The van der Waals surface area contributed by atoms with Crippen molar-refractivity contribution in [2.24, 2.45) is 0 Å². The summed E-state index contributed by atoms with van der Waals surface area (Å²) in [6.45, 7) is 6.31. The number of amides is 1. The van der Waals surface area contributed by atoms with Crippen LogP contribution in [0.4, 0.5) is 0 Å². The van der Waals surface area contributed by atoms with Gasteiger partial charge >= 0.3 is 5.97 Å². The van der Waals surface area contributed by atoms with Gasteiger partial charge in [-0.05, 0) is 64.2 Å². The number of ether oxygens (including phenoxy) is 1. The highest BCUT2D eigenvalue weighted by Crippen LogP contribution is 2.15. The van der Waals surface area contributed by atoms with E-state index in [9.17, 15) is 19.8 Å². The van der Waals surface area contributed by atoms with Gasteiger partial charge in [-0.3, -0.25) is 9.59 Å². The van der Waals surface area contributed by atoms with Crippen LogP contribution in [0, 0.1) is 0 Å². The summed E-state index contributed by atoms with van der Waals surface area (Å²) in [4.78, 5) is 26.1. The quantitative estimate of drug-likeness (QED) is 0.0245. The summed E-state index contributed by atoms with van der Waals surface area (Å²) in [5, 5.41) is 23.7. The van der Waals surface area contributed by atoms with Crippen molar-refractivity contribution < 1.29 is 24.5 Å². The first-order chi connectivity index (χ1) is 31.0. The Morgan fingerprint density at radius 1 is 0.492 bits per heavy atom. The Bertz CT molecular complexity index is 1300. The number of hydrogen-bond donors (Lipinski definition) is 3. The van der Waals surface area contributed by atoms with Crippen molar-refractivity contribution in [3.05, 3.63) is 109 Å². The normalized spacial score (nSPS) is 14.2. The summed E-state index contributed by atoms with van der Waals surface area (Å²) in [6.07, 6.45) is 67.2. The van der Waals surface area contributed by atoms with Crippen LogP contribution >= 0.6 is 0 Å². The zero-order valence-corrected chi connectivity index (χ0v) is 40.7. The van der Waals surface area contributed by atoms with Crippen molar-refractivity contribution >= 4 is 11.9 Å². The lowest BCUT2D eigenvalue weighted by Crippen LogP contribution is -2.46. The molecule has 0 fully saturated rings. The minimum absolute atomic E-state index is 0.0157. The Kier molecular flexibility index (Phi) is 46.8. The number of aliphatic hydroxyl groups is 2. The number of hydrogen-bond acceptors (Lipinski definition) is 5. The lowest BCUT2D eigenvalue weighted by Gasteiger charge is -2.24. The molecule has 0 aromatic heterocycles. The number of carbonyl (C=O) groups is 2. The Morgan fingerprint density at radius 2 is 0.937 bits per heavy atom. The van der Waals surface area contributed by atoms with E-state index in [1.807, 2.05) is 36.5 Å². The molecular formula is C57H95NO5. The Labute approximate surface area is 388 Å². The molecule has 0 bridgehead atoms. The largest absolute Gasteiger partial charge is 0.461 e.